The van der Waals surface area contributed by atoms with Crippen molar-refractivity contribution in [2.75, 3.05) is 7.11 Å². The van der Waals surface area contributed by atoms with Crippen molar-refractivity contribution in [3.8, 4) is 0 Å². The molecule has 2 saturated carbocycles. The Morgan fingerprint density at radius 3 is 2.47 bits per heavy atom. The summed E-state index contributed by atoms with van der Waals surface area (Å²) in [6.45, 7) is 3.51. The fourth-order valence-corrected chi connectivity index (χ4v) is 3.19. The molecule has 2 bridgehead atoms. The number of esters is 2. The molecule has 2 fully saturated rings. The van der Waals surface area contributed by atoms with E-state index in [1.54, 1.807) is 0 Å². The Bertz CT molecular complexity index is 350. The van der Waals surface area contributed by atoms with E-state index in [1.807, 2.05) is 0 Å². The van der Waals surface area contributed by atoms with Crippen molar-refractivity contribution in [2.45, 2.75) is 44.1 Å². The van der Waals surface area contributed by atoms with Gasteiger partial charge in [-0.2, -0.15) is 0 Å². The number of hydrogen-bond acceptors (Lipinski definition) is 4. The predicted molar refractivity (Wildman–Crippen MR) is 61.2 cm³/mol. The van der Waals surface area contributed by atoms with Gasteiger partial charge in [-0.3, -0.25) is 9.59 Å². The summed E-state index contributed by atoms with van der Waals surface area (Å²) in [5, 5.41) is 0. The van der Waals surface area contributed by atoms with Gasteiger partial charge in [0.1, 0.15) is 5.60 Å². The van der Waals surface area contributed by atoms with Gasteiger partial charge in [0.2, 0.25) is 0 Å². The standard InChI is InChI=1S/C13H18O4/c1-3-4-10(14)17-13-7-5-12(9-13,6-8-13)11(15)16-2/h3H,1,4-9H2,2H3. The first-order chi connectivity index (χ1) is 8.06. The second-order valence-electron chi connectivity index (χ2n) is 5.10. The monoisotopic (exact) mass is 238 g/mol. The molecule has 0 unspecified atom stereocenters. The van der Waals surface area contributed by atoms with Crippen molar-refractivity contribution in [1.29, 1.82) is 0 Å². The fourth-order valence-electron chi connectivity index (χ4n) is 3.19. The largest absolute Gasteiger partial charge is 0.469 e. The molecule has 2 rings (SSSR count). The van der Waals surface area contributed by atoms with Gasteiger partial charge in [-0.1, -0.05) is 6.08 Å². The van der Waals surface area contributed by atoms with Crippen molar-refractivity contribution >= 4 is 11.9 Å². The molecule has 0 radical (unpaired) electrons. The molecule has 0 atom stereocenters. The van der Waals surface area contributed by atoms with Gasteiger partial charge < -0.3 is 9.47 Å². The molecular weight excluding hydrogens is 220 g/mol. The summed E-state index contributed by atoms with van der Waals surface area (Å²) >= 11 is 0. The number of carbonyl (C=O) groups is 2. The number of ether oxygens (including phenoxy) is 2. The highest BCUT2D eigenvalue weighted by molar-refractivity contribution is 5.78. The van der Waals surface area contributed by atoms with Gasteiger partial charge in [0.15, 0.2) is 0 Å². The topological polar surface area (TPSA) is 52.6 Å². The minimum atomic E-state index is -0.422. The minimum Gasteiger partial charge on any atom is -0.469 e. The minimum absolute atomic E-state index is 0.156. The number of rotatable bonds is 4. The van der Waals surface area contributed by atoms with Gasteiger partial charge in [-0.15, -0.1) is 6.58 Å². The number of fused-ring (bicyclic) bond motifs is 2. The lowest BCUT2D eigenvalue weighted by Crippen LogP contribution is -2.29. The number of hydrogen-bond donors (Lipinski definition) is 0. The maximum absolute atomic E-state index is 11.8. The highest BCUT2D eigenvalue weighted by Gasteiger charge is 2.60. The van der Waals surface area contributed by atoms with Crippen LogP contribution >= 0.6 is 0 Å². The Labute approximate surface area is 101 Å². The lowest BCUT2D eigenvalue weighted by molar-refractivity contribution is -0.158. The van der Waals surface area contributed by atoms with E-state index in [1.165, 1.54) is 13.2 Å². The first-order valence-corrected chi connectivity index (χ1v) is 5.97. The summed E-state index contributed by atoms with van der Waals surface area (Å²) in [5.41, 5.74) is -0.822. The third-order valence-corrected chi connectivity index (χ3v) is 4.04. The average Bonchev–Trinajstić information content (AvgIpc) is 2.84. The second-order valence-corrected chi connectivity index (χ2v) is 5.10. The van der Waals surface area contributed by atoms with Crippen molar-refractivity contribution in [1.82, 2.24) is 0 Å². The Morgan fingerprint density at radius 1 is 1.29 bits per heavy atom. The molecule has 4 heteroatoms. The van der Waals surface area contributed by atoms with Gasteiger partial charge in [0, 0.05) is 6.42 Å². The van der Waals surface area contributed by atoms with Crippen LogP contribution in [0.5, 0.6) is 0 Å². The summed E-state index contributed by atoms with van der Waals surface area (Å²) in [6, 6.07) is 0. The number of methoxy groups -OCH3 is 1. The lowest BCUT2D eigenvalue weighted by atomic mass is 9.84. The summed E-state index contributed by atoms with van der Waals surface area (Å²) in [5.74, 6) is -0.404. The third kappa shape index (κ3) is 1.96. The van der Waals surface area contributed by atoms with E-state index < -0.39 is 11.0 Å². The van der Waals surface area contributed by atoms with Crippen LogP contribution in [0.2, 0.25) is 0 Å². The molecule has 0 aromatic rings. The zero-order valence-electron chi connectivity index (χ0n) is 10.2. The summed E-state index contributed by atoms with van der Waals surface area (Å²) in [6.07, 6.45) is 5.46. The highest BCUT2D eigenvalue weighted by Crippen LogP contribution is 2.58. The van der Waals surface area contributed by atoms with E-state index >= 15 is 0 Å². The van der Waals surface area contributed by atoms with Gasteiger partial charge >= 0.3 is 11.9 Å². The van der Waals surface area contributed by atoms with Crippen LogP contribution in [0, 0.1) is 5.41 Å². The molecule has 0 aliphatic heterocycles. The van der Waals surface area contributed by atoms with Crippen LogP contribution in [0.1, 0.15) is 38.5 Å². The molecular formula is C13H18O4. The van der Waals surface area contributed by atoms with E-state index in [4.69, 9.17) is 9.47 Å². The molecule has 0 heterocycles. The molecule has 0 aromatic carbocycles. The average molecular weight is 238 g/mol. The van der Waals surface area contributed by atoms with Crippen molar-refractivity contribution in [3.05, 3.63) is 12.7 Å². The molecule has 0 spiro atoms. The molecule has 2 aliphatic carbocycles. The van der Waals surface area contributed by atoms with Gasteiger partial charge in [0.05, 0.1) is 18.9 Å². The van der Waals surface area contributed by atoms with E-state index in [2.05, 4.69) is 6.58 Å². The normalized spacial score (nSPS) is 34.4. The Kier molecular flexibility index (Phi) is 2.98. The van der Waals surface area contributed by atoms with Gasteiger partial charge in [-0.05, 0) is 25.7 Å². The van der Waals surface area contributed by atoms with Crippen LogP contribution in [-0.2, 0) is 19.1 Å². The maximum atomic E-state index is 11.8. The highest BCUT2D eigenvalue weighted by atomic mass is 16.6. The molecule has 0 aromatic heterocycles. The number of carbonyl (C=O) groups excluding carboxylic acids is 2. The smallest absolute Gasteiger partial charge is 0.311 e. The van der Waals surface area contributed by atoms with Gasteiger partial charge in [-0.25, -0.2) is 0 Å². The summed E-state index contributed by atoms with van der Waals surface area (Å²) in [4.78, 5) is 23.3. The van der Waals surface area contributed by atoms with Crippen molar-refractivity contribution < 1.29 is 19.1 Å². The fraction of sp³-hybridized carbons (Fsp3) is 0.692. The molecule has 0 N–H and O–H groups in total. The molecule has 94 valence electrons. The lowest BCUT2D eigenvalue weighted by Gasteiger charge is -2.26. The quantitative estimate of drug-likeness (QED) is 0.555. The Balaban J connectivity index is 2.05. The zero-order valence-corrected chi connectivity index (χ0v) is 10.2. The van der Waals surface area contributed by atoms with Crippen LogP contribution in [0.25, 0.3) is 0 Å². The summed E-state index contributed by atoms with van der Waals surface area (Å²) < 4.78 is 10.4. The van der Waals surface area contributed by atoms with Crippen molar-refractivity contribution in [3.63, 3.8) is 0 Å². The van der Waals surface area contributed by atoms with Crippen LogP contribution in [-0.4, -0.2) is 24.6 Å². The van der Waals surface area contributed by atoms with E-state index in [-0.39, 0.29) is 18.4 Å². The molecule has 2 aliphatic rings. The van der Waals surface area contributed by atoms with E-state index in [9.17, 15) is 9.59 Å². The zero-order chi connectivity index (χ0) is 12.5. The van der Waals surface area contributed by atoms with Crippen LogP contribution in [0.3, 0.4) is 0 Å². The maximum Gasteiger partial charge on any atom is 0.311 e. The van der Waals surface area contributed by atoms with E-state index in [0.717, 1.165) is 25.7 Å². The van der Waals surface area contributed by atoms with Crippen LogP contribution in [0.4, 0.5) is 0 Å². The second kappa shape index (κ2) is 4.17. The Morgan fingerprint density at radius 2 is 1.94 bits per heavy atom. The Hall–Kier alpha value is -1.32. The predicted octanol–water partition coefficient (Wildman–Crippen LogP) is 1.98. The molecule has 4 nitrogen and oxygen atoms in total. The first kappa shape index (κ1) is 12.1. The van der Waals surface area contributed by atoms with E-state index in [0.29, 0.717) is 6.42 Å². The van der Waals surface area contributed by atoms with Crippen LogP contribution in [0.15, 0.2) is 12.7 Å². The van der Waals surface area contributed by atoms with Crippen molar-refractivity contribution in [2.24, 2.45) is 5.41 Å². The molecule has 17 heavy (non-hydrogen) atoms. The SMILES string of the molecule is C=CCC(=O)OC12CCC(C(=O)OC)(CC1)C2. The third-order valence-electron chi connectivity index (χ3n) is 4.04. The molecule has 0 amide bonds. The molecule has 0 saturated heterocycles. The first-order valence-electron chi connectivity index (χ1n) is 5.97. The summed E-state index contributed by atoms with van der Waals surface area (Å²) in [7, 11) is 1.42. The van der Waals surface area contributed by atoms with Gasteiger partial charge in [0.25, 0.3) is 0 Å². The van der Waals surface area contributed by atoms with Crippen LogP contribution < -0.4 is 0 Å².